The van der Waals surface area contributed by atoms with E-state index in [1.54, 1.807) is 32.0 Å². The first kappa shape index (κ1) is 25.8. The van der Waals surface area contributed by atoms with Gasteiger partial charge in [0, 0.05) is 24.2 Å². The summed E-state index contributed by atoms with van der Waals surface area (Å²) in [5, 5.41) is 6.33. The first-order valence-corrected chi connectivity index (χ1v) is 11.6. The Bertz CT molecular complexity index is 1100. The number of amides is 2. The number of sulfonamides is 1. The number of ether oxygens (including phenoxy) is 2. The van der Waals surface area contributed by atoms with E-state index >= 15 is 0 Å². The fourth-order valence-electron chi connectivity index (χ4n) is 2.91. The maximum atomic E-state index is 12.5. The van der Waals surface area contributed by atoms with Crippen LogP contribution in [0.5, 0.6) is 11.5 Å². The molecule has 0 bridgehead atoms. The van der Waals surface area contributed by atoms with Crippen molar-refractivity contribution in [1.82, 2.24) is 15.0 Å². The molecule has 11 heteroatoms. The third-order valence-corrected chi connectivity index (χ3v) is 6.76. The summed E-state index contributed by atoms with van der Waals surface area (Å²) in [6.45, 7) is 3.90. The lowest BCUT2D eigenvalue weighted by atomic mass is 10.2. The van der Waals surface area contributed by atoms with Crippen molar-refractivity contribution in [2.75, 3.05) is 33.9 Å². The van der Waals surface area contributed by atoms with Crippen LogP contribution in [0.1, 0.15) is 29.8 Å². The summed E-state index contributed by atoms with van der Waals surface area (Å²) in [6.07, 6.45) is 1.40. The minimum absolute atomic E-state index is 0.0998. The Morgan fingerprint density at radius 1 is 1.03 bits per heavy atom. The van der Waals surface area contributed by atoms with Crippen LogP contribution in [0.3, 0.4) is 0 Å². The first-order valence-electron chi connectivity index (χ1n) is 10.2. The van der Waals surface area contributed by atoms with Crippen LogP contribution >= 0.6 is 0 Å². The highest BCUT2D eigenvalue weighted by atomic mass is 32.2. The van der Waals surface area contributed by atoms with Crippen molar-refractivity contribution in [2.45, 2.75) is 18.7 Å². The van der Waals surface area contributed by atoms with E-state index in [2.05, 4.69) is 15.8 Å². The van der Waals surface area contributed by atoms with Crippen LogP contribution in [0.2, 0.25) is 0 Å². The van der Waals surface area contributed by atoms with Crippen molar-refractivity contribution in [3.05, 3.63) is 53.6 Å². The summed E-state index contributed by atoms with van der Waals surface area (Å²) in [5.74, 6) is 0.0953. The van der Waals surface area contributed by atoms with Crippen molar-refractivity contribution in [1.29, 1.82) is 0 Å². The topological polar surface area (TPSA) is 126 Å². The number of hydrogen-bond acceptors (Lipinski definition) is 7. The zero-order valence-corrected chi connectivity index (χ0v) is 19.8. The molecule has 0 unspecified atom stereocenters. The van der Waals surface area contributed by atoms with E-state index in [1.807, 2.05) is 0 Å². The molecule has 33 heavy (non-hydrogen) atoms. The largest absolute Gasteiger partial charge is 0.497 e. The van der Waals surface area contributed by atoms with Gasteiger partial charge < -0.3 is 14.8 Å². The molecule has 0 saturated heterocycles. The van der Waals surface area contributed by atoms with Gasteiger partial charge in [-0.1, -0.05) is 13.8 Å². The van der Waals surface area contributed by atoms with E-state index in [-0.39, 0.29) is 17.0 Å². The first-order chi connectivity index (χ1) is 15.8. The lowest BCUT2D eigenvalue weighted by Gasteiger charge is -2.18. The fraction of sp³-hybridized carbons (Fsp3) is 0.318. The van der Waals surface area contributed by atoms with E-state index < -0.39 is 21.8 Å². The summed E-state index contributed by atoms with van der Waals surface area (Å²) < 4.78 is 36.7. The Balaban J connectivity index is 1.93. The highest BCUT2D eigenvalue weighted by molar-refractivity contribution is 7.89. The van der Waals surface area contributed by atoms with Gasteiger partial charge in [0.1, 0.15) is 11.5 Å². The predicted molar refractivity (Wildman–Crippen MR) is 124 cm³/mol. The van der Waals surface area contributed by atoms with Crippen LogP contribution in [0.25, 0.3) is 0 Å². The zero-order valence-electron chi connectivity index (χ0n) is 19.0. The molecular weight excluding hydrogens is 448 g/mol. The molecule has 10 nitrogen and oxygen atoms in total. The van der Waals surface area contributed by atoms with Crippen molar-refractivity contribution in [3.8, 4) is 11.5 Å². The van der Waals surface area contributed by atoms with E-state index in [0.29, 0.717) is 30.2 Å². The van der Waals surface area contributed by atoms with Crippen molar-refractivity contribution >= 4 is 28.1 Å². The van der Waals surface area contributed by atoms with Crippen molar-refractivity contribution in [2.24, 2.45) is 5.10 Å². The molecule has 2 aromatic rings. The third-order valence-electron chi connectivity index (χ3n) is 4.70. The Labute approximate surface area is 193 Å². The molecule has 178 valence electrons. The minimum atomic E-state index is -3.61. The summed E-state index contributed by atoms with van der Waals surface area (Å²) in [5.41, 5.74) is 3.14. The molecule has 2 rings (SSSR count). The molecule has 0 fully saturated rings. The number of nitrogens with zero attached hydrogens (tertiary/aromatic N) is 2. The summed E-state index contributed by atoms with van der Waals surface area (Å²) in [6, 6.07) is 10.7. The number of hydrazone groups is 1. The highest BCUT2D eigenvalue weighted by Crippen LogP contribution is 2.22. The average molecular weight is 477 g/mol. The highest BCUT2D eigenvalue weighted by Gasteiger charge is 2.21. The number of rotatable bonds is 11. The molecule has 0 radical (unpaired) electrons. The van der Waals surface area contributed by atoms with Crippen LogP contribution in [0.4, 0.5) is 0 Å². The SMILES string of the molecule is CCN(CC)S(=O)(=O)c1ccc(C(=O)NCC(=O)N/N=C/c2cc(OC)ccc2OC)cc1. The second-order valence-electron chi connectivity index (χ2n) is 6.70. The molecule has 0 aromatic heterocycles. The molecule has 0 atom stereocenters. The maximum Gasteiger partial charge on any atom is 0.259 e. The second kappa shape index (κ2) is 12.0. The Morgan fingerprint density at radius 3 is 2.27 bits per heavy atom. The van der Waals surface area contributed by atoms with Crippen LogP contribution in [-0.2, 0) is 14.8 Å². The average Bonchev–Trinajstić information content (AvgIpc) is 2.83. The summed E-state index contributed by atoms with van der Waals surface area (Å²) in [7, 11) is -0.562. The molecule has 2 aromatic carbocycles. The van der Waals surface area contributed by atoms with Crippen LogP contribution in [-0.4, -0.2) is 64.6 Å². The van der Waals surface area contributed by atoms with Gasteiger partial charge in [0.05, 0.1) is 31.9 Å². The van der Waals surface area contributed by atoms with Crippen molar-refractivity contribution < 1.29 is 27.5 Å². The standard InChI is InChI=1S/C22H28N4O6S/c1-5-26(6-2)33(29,30)19-10-7-16(8-11-19)22(28)23-15-21(27)25-24-14-17-13-18(31-3)9-12-20(17)32-4/h7-14H,5-6,15H2,1-4H3,(H,23,28)(H,25,27)/b24-14+. The molecular formula is C22H28N4O6S. The predicted octanol–water partition coefficient (Wildman–Crippen LogP) is 1.61. The monoisotopic (exact) mass is 476 g/mol. The second-order valence-corrected chi connectivity index (χ2v) is 8.64. The quantitative estimate of drug-likeness (QED) is 0.375. The summed E-state index contributed by atoms with van der Waals surface area (Å²) >= 11 is 0. The maximum absolute atomic E-state index is 12.5. The van der Waals surface area contributed by atoms with Gasteiger partial charge in [0.25, 0.3) is 11.8 Å². The molecule has 0 aliphatic heterocycles. The number of carbonyl (C=O) groups is 2. The lowest BCUT2D eigenvalue weighted by molar-refractivity contribution is -0.120. The zero-order chi connectivity index (χ0) is 24.4. The lowest BCUT2D eigenvalue weighted by Crippen LogP contribution is -2.35. The molecule has 0 saturated carbocycles. The van der Waals surface area contributed by atoms with Crippen LogP contribution < -0.4 is 20.2 Å². The van der Waals surface area contributed by atoms with Gasteiger partial charge in [-0.3, -0.25) is 9.59 Å². The van der Waals surface area contributed by atoms with E-state index in [9.17, 15) is 18.0 Å². The smallest absolute Gasteiger partial charge is 0.259 e. The van der Waals surface area contributed by atoms with E-state index in [4.69, 9.17) is 9.47 Å². The number of benzene rings is 2. The van der Waals surface area contributed by atoms with Crippen molar-refractivity contribution in [3.63, 3.8) is 0 Å². The number of hydrogen-bond donors (Lipinski definition) is 2. The molecule has 0 heterocycles. The van der Waals surface area contributed by atoms with Crippen LogP contribution in [0, 0.1) is 0 Å². The van der Waals surface area contributed by atoms with E-state index in [0.717, 1.165) is 0 Å². The minimum Gasteiger partial charge on any atom is -0.497 e. The molecule has 2 N–H and O–H groups in total. The summed E-state index contributed by atoms with van der Waals surface area (Å²) in [4.78, 5) is 24.4. The molecule has 0 spiro atoms. The molecule has 2 amide bonds. The third kappa shape index (κ3) is 6.77. The van der Waals surface area contributed by atoms with Gasteiger partial charge in [-0.25, -0.2) is 13.8 Å². The number of methoxy groups -OCH3 is 2. The van der Waals surface area contributed by atoms with Gasteiger partial charge in [0.15, 0.2) is 0 Å². The van der Waals surface area contributed by atoms with E-state index in [1.165, 1.54) is 49.0 Å². The van der Waals surface area contributed by atoms with Gasteiger partial charge in [-0.2, -0.15) is 9.41 Å². The van der Waals surface area contributed by atoms with Crippen LogP contribution in [0.15, 0.2) is 52.5 Å². The number of carbonyl (C=O) groups excluding carboxylic acids is 2. The fourth-order valence-corrected chi connectivity index (χ4v) is 4.37. The van der Waals surface area contributed by atoms with Gasteiger partial charge in [-0.05, 0) is 42.5 Å². The Morgan fingerprint density at radius 2 is 1.70 bits per heavy atom. The van der Waals surface area contributed by atoms with Gasteiger partial charge in [0.2, 0.25) is 10.0 Å². The Kier molecular flexibility index (Phi) is 9.37. The molecule has 0 aliphatic carbocycles. The number of nitrogens with one attached hydrogen (secondary N) is 2. The van der Waals surface area contributed by atoms with Gasteiger partial charge in [-0.15, -0.1) is 0 Å². The van der Waals surface area contributed by atoms with Gasteiger partial charge >= 0.3 is 0 Å². The molecule has 0 aliphatic rings. The normalized spacial score (nSPS) is 11.4. The Hall–Kier alpha value is -3.44.